The lowest BCUT2D eigenvalue weighted by molar-refractivity contribution is 0.0697. The molecule has 0 bridgehead atoms. The fourth-order valence-corrected chi connectivity index (χ4v) is 2.31. The SMILES string of the molecule is O=C(O)c1ccc(Cl)c(-c2ccc(/C=N/Nc3ccccc3)o2)c1. The molecule has 0 atom stereocenters. The zero-order chi connectivity index (χ0) is 16.9. The van der Waals surface area contributed by atoms with Crippen molar-refractivity contribution in [2.24, 2.45) is 5.10 Å². The summed E-state index contributed by atoms with van der Waals surface area (Å²) < 4.78 is 5.66. The zero-order valence-electron chi connectivity index (χ0n) is 12.4. The third-order valence-electron chi connectivity index (χ3n) is 3.26. The molecule has 6 heteroatoms. The Bertz CT molecular complexity index is 888. The average molecular weight is 341 g/mol. The van der Waals surface area contributed by atoms with Crippen LogP contribution in [0, 0.1) is 0 Å². The Labute approximate surface area is 143 Å². The van der Waals surface area contributed by atoms with Gasteiger partial charge in [0.25, 0.3) is 0 Å². The topological polar surface area (TPSA) is 74.8 Å². The van der Waals surface area contributed by atoms with E-state index in [1.807, 2.05) is 30.3 Å². The number of anilines is 1. The zero-order valence-corrected chi connectivity index (χ0v) is 13.2. The first-order chi connectivity index (χ1) is 11.6. The second-order valence-corrected chi connectivity index (χ2v) is 5.35. The monoisotopic (exact) mass is 340 g/mol. The van der Waals surface area contributed by atoms with Crippen LogP contribution in [0.3, 0.4) is 0 Å². The molecule has 0 fully saturated rings. The number of aromatic carboxylic acids is 1. The van der Waals surface area contributed by atoms with Gasteiger partial charge in [-0.25, -0.2) is 4.79 Å². The number of nitrogens with one attached hydrogen (secondary N) is 1. The number of para-hydroxylation sites is 1. The van der Waals surface area contributed by atoms with E-state index in [0.717, 1.165) is 5.69 Å². The molecule has 2 aromatic carbocycles. The van der Waals surface area contributed by atoms with Crippen molar-refractivity contribution < 1.29 is 14.3 Å². The van der Waals surface area contributed by atoms with Gasteiger partial charge in [0.05, 0.1) is 22.5 Å². The summed E-state index contributed by atoms with van der Waals surface area (Å²) in [5.74, 6) is -0.0252. The Morgan fingerprint density at radius 1 is 1.12 bits per heavy atom. The van der Waals surface area contributed by atoms with Gasteiger partial charge >= 0.3 is 5.97 Å². The van der Waals surface area contributed by atoms with Crippen LogP contribution in [0.1, 0.15) is 16.1 Å². The summed E-state index contributed by atoms with van der Waals surface area (Å²) in [7, 11) is 0. The van der Waals surface area contributed by atoms with E-state index < -0.39 is 5.97 Å². The Hall–Kier alpha value is -3.05. The van der Waals surface area contributed by atoms with Gasteiger partial charge in [-0.1, -0.05) is 29.8 Å². The summed E-state index contributed by atoms with van der Waals surface area (Å²) in [5.41, 5.74) is 4.41. The number of hydrogen-bond donors (Lipinski definition) is 2. The first-order valence-electron chi connectivity index (χ1n) is 7.10. The van der Waals surface area contributed by atoms with Crippen molar-refractivity contribution in [2.75, 3.05) is 5.43 Å². The third-order valence-corrected chi connectivity index (χ3v) is 3.59. The quantitative estimate of drug-likeness (QED) is 0.519. The highest BCUT2D eigenvalue weighted by molar-refractivity contribution is 6.33. The summed E-state index contributed by atoms with van der Waals surface area (Å²) in [6.07, 6.45) is 1.53. The molecule has 1 heterocycles. The van der Waals surface area contributed by atoms with Gasteiger partial charge in [0.1, 0.15) is 11.5 Å². The van der Waals surface area contributed by atoms with Crippen LogP contribution in [0.2, 0.25) is 5.02 Å². The predicted molar refractivity (Wildman–Crippen MR) is 93.8 cm³/mol. The van der Waals surface area contributed by atoms with Gasteiger partial charge in [0.2, 0.25) is 0 Å². The molecule has 120 valence electrons. The molecule has 0 saturated heterocycles. The highest BCUT2D eigenvalue weighted by atomic mass is 35.5. The second kappa shape index (κ2) is 7.02. The van der Waals surface area contributed by atoms with Gasteiger partial charge in [-0.05, 0) is 42.5 Å². The molecule has 0 aliphatic carbocycles. The van der Waals surface area contributed by atoms with Gasteiger partial charge in [0, 0.05) is 5.56 Å². The number of carboxylic acid groups (broad SMARTS) is 1. The van der Waals surface area contributed by atoms with E-state index in [4.69, 9.17) is 21.1 Å². The standard InChI is InChI=1S/C18H13ClN2O3/c19-16-8-6-12(18(22)23)10-15(16)17-9-7-14(24-17)11-20-21-13-4-2-1-3-5-13/h1-11,21H,(H,22,23)/b20-11+. The summed E-state index contributed by atoms with van der Waals surface area (Å²) in [6, 6.07) is 17.4. The Morgan fingerprint density at radius 3 is 2.67 bits per heavy atom. The van der Waals surface area contributed by atoms with E-state index in [2.05, 4.69) is 10.5 Å². The number of rotatable bonds is 5. The number of benzene rings is 2. The fraction of sp³-hybridized carbons (Fsp3) is 0. The van der Waals surface area contributed by atoms with Crippen molar-refractivity contribution in [1.82, 2.24) is 0 Å². The Morgan fingerprint density at radius 2 is 1.92 bits per heavy atom. The number of nitrogens with zero attached hydrogens (tertiary/aromatic N) is 1. The maximum atomic E-state index is 11.1. The van der Waals surface area contributed by atoms with E-state index >= 15 is 0 Å². The summed E-state index contributed by atoms with van der Waals surface area (Å²) in [5, 5.41) is 13.6. The van der Waals surface area contributed by atoms with E-state index in [1.54, 1.807) is 12.1 Å². The second-order valence-electron chi connectivity index (χ2n) is 4.94. The van der Waals surface area contributed by atoms with Crippen LogP contribution < -0.4 is 5.43 Å². The summed E-state index contributed by atoms with van der Waals surface area (Å²) >= 11 is 6.13. The molecule has 5 nitrogen and oxygen atoms in total. The van der Waals surface area contributed by atoms with Crippen LogP contribution in [0.15, 0.2) is 70.2 Å². The maximum Gasteiger partial charge on any atom is 0.335 e. The van der Waals surface area contributed by atoms with Crippen LogP contribution in [-0.2, 0) is 0 Å². The molecule has 3 rings (SSSR count). The molecule has 24 heavy (non-hydrogen) atoms. The lowest BCUT2D eigenvalue weighted by atomic mass is 10.1. The highest BCUT2D eigenvalue weighted by Gasteiger charge is 2.12. The van der Waals surface area contributed by atoms with Crippen molar-refractivity contribution in [3.63, 3.8) is 0 Å². The summed E-state index contributed by atoms with van der Waals surface area (Å²) in [4.78, 5) is 11.1. The Kier molecular flexibility index (Phi) is 4.63. The largest absolute Gasteiger partial charge is 0.478 e. The maximum absolute atomic E-state index is 11.1. The first-order valence-corrected chi connectivity index (χ1v) is 7.48. The van der Waals surface area contributed by atoms with Crippen LogP contribution in [0.5, 0.6) is 0 Å². The van der Waals surface area contributed by atoms with E-state index in [-0.39, 0.29) is 5.56 Å². The third kappa shape index (κ3) is 3.64. The molecule has 0 amide bonds. The van der Waals surface area contributed by atoms with Gasteiger partial charge in [0.15, 0.2) is 0 Å². The van der Waals surface area contributed by atoms with Crippen molar-refractivity contribution in [3.8, 4) is 11.3 Å². The van der Waals surface area contributed by atoms with Gasteiger partial charge in [-0.15, -0.1) is 0 Å². The van der Waals surface area contributed by atoms with E-state index in [0.29, 0.717) is 22.1 Å². The van der Waals surface area contributed by atoms with Crippen LogP contribution in [0.4, 0.5) is 5.69 Å². The molecule has 0 saturated carbocycles. The number of hydrazone groups is 1. The van der Waals surface area contributed by atoms with Crippen LogP contribution >= 0.6 is 11.6 Å². The number of carbonyl (C=O) groups is 1. The normalized spacial score (nSPS) is 10.9. The van der Waals surface area contributed by atoms with Crippen molar-refractivity contribution >= 4 is 29.5 Å². The van der Waals surface area contributed by atoms with Gasteiger partial charge < -0.3 is 9.52 Å². The predicted octanol–water partition coefficient (Wildman–Crippen LogP) is 4.74. The lowest BCUT2D eigenvalue weighted by Crippen LogP contribution is -1.96. The summed E-state index contributed by atoms with van der Waals surface area (Å²) in [6.45, 7) is 0. The molecular formula is C18H13ClN2O3. The molecule has 0 radical (unpaired) electrons. The minimum atomic E-state index is -1.02. The number of hydrogen-bond acceptors (Lipinski definition) is 4. The molecule has 0 unspecified atom stereocenters. The van der Waals surface area contributed by atoms with Crippen LogP contribution in [0.25, 0.3) is 11.3 Å². The van der Waals surface area contributed by atoms with Crippen molar-refractivity contribution in [3.05, 3.63) is 77.0 Å². The molecule has 1 aromatic heterocycles. The first kappa shape index (κ1) is 15.8. The minimum absolute atomic E-state index is 0.145. The fourth-order valence-electron chi connectivity index (χ4n) is 2.10. The average Bonchev–Trinajstić information content (AvgIpc) is 3.04. The minimum Gasteiger partial charge on any atom is -0.478 e. The van der Waals surface area contributed by atoms with E-state index in [1.165, 1.54) is 24.4 Å². The highest BCUT2D eigenvalue weighted by Crippen LogP contribution is 2.30. The number of furan rings is 1. The molecular weight excluding hydrogens is 328 g/mol. The number of carboxylic acids is 1. The molecule has 0 aliphatic rings. The Balaban J connectivity index is 1.78. The van der Waals surface area contributed by atoms with Crippen molar-refractivity contribution in [2.45, 2.75) is 0 Å². The molecule has 3 aromatic rings. The molecule has 2 N–H and O–H groups in total. The molecule has 0 aliphatic heterocycles. The number of halogens is 1. The van der Waals surface area contributed by atoms with Gasteiger partial charge in [-0.3, -0.25) is 5.43 Å². The van der Waals surface area contributed by atoms with E-state index in [9.17, 15) is 4.79 Å². The lowest BCUT2D eigenvalue weighted by Gasteiger charge is -2.02. The smallest absolute Gasteiger partial charge is 0.335 e. The van der Waals surface area contributed by atoms with Crippen LogP contribution in [-0.4, -0.2) is 17.3 Å². The molecule has 0 spiro atoms. The van der Waals surface area contributed by atoms with Crippen molar-refractivity contribution in [1.29, 1.82) is 0 Å². The van der Waals surface area contributed by atoms with Gasteiger partial charge in [-0.2, -0.15) is 5.10 Å².